The van der Waals surface area contributed by atoms with Crippen LogP contribution in [0.4, 0.5) is 0 Å². The Morgan fingerprint density at radius 3 is 2.71 bits per heavy atom. The van der Waals surface area contributed by atoms with Crippen LogP contribution in [0.2, 0.25) is 0 Å². The molecule has 1 saturated heterocycles. The minimum atomic E-state index is -0.00157. The number of ether oxygens (including phenoxy) is 1. The zero-order valence-corrected chi connectivity index (χ0v) is 10.8. The van der Waals surface area contributed by atoms with E-state index in [1.165, 1.54) is 18.3 Å². The Bertz CT molecular complexity index is 441. The summed E-state index contributed by atoms with van der Waals surface area (Å²) in [5, 5.41) is 0. The zero-order valence-electron chi connectivity index (χ0n) is 9.93. The molecule has 4 nitrogen and oxygen atoms in total. The van der Waals surface area contributed by atoms with Crippen LogP contribution >= 0.6 is 11.3 Å². The number of hydrogen-bond donors (Lipinski definition) is 0. The fourth-order valence-electron chi connectivity index (χ4n) is 1.81. The number of ketones is 1. The lowest BCUT2D eigenvalue weighted by molar-refractivity contribution is 0.00387. The Morgan fingerprint density at radius 1 is 1.41 bits per heavy atom. The number of thiophene rings is 1. The van der Waals surface area contributed by atoms with Crippen molar-refractivity contribution in [2.24, 2.45) is 0 Å². The van der Waals surface area contributed by atoms with Gasteiger partial charge in [-0.15, -0.1) is 11.3 Å². The molecule has 0 aliphatic carbocycles. The summed E-state index contributed by atoms with van der Waals surface area (Å²) >= 11 is 1.26. The molecule has 1 aliphatic rings. The first kappa shape index (κ1) is 12.3. The van der Waals surface area contributed by atoms with Crippen molar-refractivity contribution in [2.75, 3.05) is 19.8 Å². The summed E-state index contributed by atoms with van der Waals surface area (Å²) in [7, 11) is 0. The molecule has 0 saturated carbocycles. The second-order valence-corrected chi connectivity index (χ2v) is 5.23. The van der Waals surface area contributed by atoms with Gasteiger partial charge in [-0.25, -0.2) is 0 Å². The summed E-state index contributed by atoms with van der Waals surface area (Å²) in [4.78, 5) is 26.5. The number of nitrogens with zero attached hydrogens (tertiary/aromatic N) is 1. The minimum Gasteiger partial charge on any atom is -0.377 e. The molecule has 0 N–H and O–H groups in total. The molecule has 1 aromatic heterocycles. The van der Waals surface area contributed by atoms with Crippen molar-refractivity contribution in [3.63, 3.8) is 0 Å². The second-order valence-electron chi connectivity index (χ2n) is 4.14. The first-order valence-corrected chi connectivity index (χ1v) is 6.40. The fraction of sp³-hybridized carbons (Fsp3) is 0.500. The molecule has 0 bridgehead atoms. The topological polar surface area (TPSA) is 46.6 Å². The van der Waals surface area contributed by atoms with E-state index in [9.17, 15) is 9.59 Å². The molecule has 1 aromatic rings. The number of carbonyl (C=O) groups excluding carboxylic acids is 2. The lowest BCUT2D eigenvalue weighted by Crippen LogP contribution is -2.46. The lowest BCUT2D eigenvalue weighted by Gasteiger charge is -2.32. The van der Waals surface area contributed by atoms with E-state index in [1.54, 1.807) is 17.0 Å². The normalized spacial score (nSPS) is 20.4. The van der Waals surface area contributed by atoms with Crippen molar-refractivity contribution < 1.29 is 14.3 Å². The highest BCUT2D eigenvalue weighted by atomic mass is 32.1. The van der Waals surface area contributed by atoms with Gasteiger partial charge in [-0.05, 0) is 26.0 Å². The van der Waals surface area contributed by atoms with Crippen LogP contribution in [0.3, 0.4) is 0 Å². The van der Waals surface area contributed by atoms with Gasteiger partial charge in [0.15, 0.2) is 5.78 Å². The van der Waals surface area contributed by atoms with Crippen LogP contribution in [-0.2, 0) is 4.74 Å². The van der Waals surface area contributed by atoms with E-state index in [0.29, 0.717) is 29.5 Å². The number of rotatable bonds is 2. The van der Waals surface area contributed by atoms with Gasteiger partial charge < -0.3 is 9.64 Å². The number of amides is 1. The van der Waals surface area contributed by atoms with Crippen LogP contribution in [0.25, 0.3) is 0 Å². The summed E-state index contributed by atoms with van der Waals surface area (Å²) in [6, 6.07) is 3.54. The molecule has 2 heterocycles. The molecule has 0 unspecified atom stereocenters. The molecule has 92 valence electrons. The fourth-order valence-corrected chi connectivity index (χ4v) is 2.67. The molecule has 0 radical (unpaired) electrons. The van der Waals surface area contributed by atoms with Crippen molar-refractivity contribution in [1.82, 2.24) is 4.90 Å². The predicted octanol–water partition coefficient (Wildman–Crippen LogP) is 1.81. The quantitative estimate of drug-likeness (QED) is 0.755. The first-order chi connectivity index (χ1) is 8.09. The Balaban J connectivity index is 2.15. The Labute approximate surface area is 104 Å². The van der Waals surface area contributed by atoms with Crippen molar-refractivity contribution >= 4 is 23.0 Å². The number of Topliss-reactive ketones (excluding diaryl/α,β-unsaturated/α-hetero) is 1. The summed E-state index contributed by atoms with van der Waals surface area (Å²) in [6.45, 7) is 5.26. The van der Waals surface area contributed by atoms with E-state index >= 15 is 0 Å². The van der Waals surface area contributed by atoms with Gasteiger partial charge in [0.1, 0.15) is 0 Å². The number of hydrogen-bond acceptors (Lipinski definition) is 4. The average Bonchev–Trinajstić information content (AvgIpc) is 2.78. The molecular formula is C12H15NO3S. The molecule has 1 atom stereocenters. The molecule has 0 aromatic carbocycles. The van der Waals surface area contributed by atoms with Gasteiger partial charge in [-0.1, -0.05) is 0 Å². The van der Waals surface area contributed by atoms with Crippen molar-refractivity contribution in [3.05, 3.63) is 21.9 Å². The highest BCUT2D eigenvalue weighted by molar-refractivity contribution is 7.15. The Kier molecular flexibility index (Phi) is 3.59. The summed E-state index contributed by atoms with van der Waals surface area (Å²) in [5.41, 5.74) is 0. The minimum absolute atomic E-state index is 0.00157. The Hall–Kier alpha value is -1.20. The van der Waals surface area contributed by atoms with Gasteiger partial charge >= 0.3 is 0 Å². The third-order valence-electron chi connectivity index (χ3n) is 2.79. The number of morpholine rings is 1. The second kappa shape index (κ2) is 4.98. The van der Waals surface area contributed by atoms with Crippen LogP contribution in [-0.4, -0.2) is 42.4 Å². The summed E-state index contributed by atoms with van der Waals surface area (Å²) < 4.78 is 5.30. The maximum atomic E-state index is 12.2. The van der Waals surface area contributed by atoms with Crippen molar-refractivity contribution in [1.29, 1.82) is 0 Å². The van der Waals surface area contributed by atoms with E-state index < -0.39 is 0 Å². The van der Waals surface area contributed by atoms with E-state index in [-0.39, 0.29) is 17.7 Å². The lowest BCUT2D eigenvalue weighted by atomic mass is 10.2. The molecule has 5 heteroatoms. The van der Waals surface area contributed by atoms with Crippen LogP contribution in [0.15, 0.2) is 12.1 Å². The molecule has 0 spiro atoms. The summed E-state index contributed by atoms with van der Waals surface area (Å²) in [5.74, 6) is 0.00220. The largest absolute Gasteiger partial charge is 0.377 e. The molecule has 1 amide bonds. The first-order valence-electron chi connectivity index (χ1n) is 5.59. The zero-order chi connectivity index (χ0) is 12.4. The molecule has 17 heavy (non-hydrogen) atoms. The van der Waals surface area contributed by atoms with Gasteiger partial charge in [0.05, 0.1) is 29.0 Å². The van der Waals surface area contributed by atoms with Crippen LogP contribution in [0.5, 0.6) is 0 Å². The molecule has 2 rings (SSSR count). The number of carbonyl (C=O) groups is 2. The van der Waals surface area contributed by atoms with Crippen molar-refractivity contribution in [3.8, 4) is 0 Å². The van der Waals surface area contributed by atoms with E-state index in [2.05, 4.69) is 0 Å². The summed E-state index contributed by atoms with van der Waals surface area (Å²) in [6.07, 6.45) is 0. The standard InChI is InChI=1S/C12H15NO3S/c1-8-7-16-6-5-13(8)12(15)11-4-3-10(17-11)9(2)14/h3-4,8H,5-7H2,1-2H3/t8-/m0/s1. The maximum absolute atomic E-state index is 12.2. The highest BCUT2D eigenvalue weighted by Gasteiger charge is 2.25. The third-order valence-corrected chi connectivity index (χ3v) is 3.97. The van der Waals surface area contributed by atoms with Gasteiger partial charge in [-0.3, -0.25) is 9.59 Å². The monoisotopic (exact) mass is 253 g/mol. The van der Waals surface area contributed by atoms with Gasteiger partial charge in [0.25, 0.3) is 5.91 Å². The van der Waals surface area contributed by atoms with Crippen LogP contribution < -0.4 is 0 Å². The molecule has 1 fully saturated rings. The van der Waals surface area contributed by atoms with Gasteiger partial charge in [-0.2, -0.15) is 0 Å². The van der Waals surface area contributed by atoms with E-state index in [4.69, 9.17) is 4.74 Å². The van der Waals surface area contributed by atoms with E-state index in [0.717, 1.165) is 0 Å². The predicted molar refractivity (Wildman–Crippen MR) is 65.6 cm³/mol. The molecule has 1 aliphatic heterocycles. The van der Waals surface area contributed by atoms with E-state index in [1.807, 2.05) is 6.92 Å². The SMILES string of the molecule is CC(=O)c1ccc(C(=O)N2CCOC[C@@H]2C)s1. The van der Waals surface area contributed by atoms with Gasteiger partial charge in [0, 0.05) is 6.54 Å². The average molecular weight is 253 g/mol. The third kappa shape index (κ3) is 2.56. The van der Waals surface area contributed by atoms with Crippen molar-refractivity contribution in [2.45, 2.75) is 19.9 Å². The smallest absolute Gasteiger partial charge is 0.264 e. The maximum Gasteiger partial charge on any atom is 0.264 e. The highest BCUT2D eigenvalue weighted by Crippen LogP contribution is 2.20. The van der Waals surface area contributed by atoms with Crippen LogP contribution in [0, 0.1) is 0 Å². The van der Waals surface area contributed by atoms with Gasteiger partial charge in [0.2, 0.25) is 0 Å². The van der Waals surface area contributed by atoms with Crippen LogP contribution in [0.1, 0.15) is 33.2 Å². The Morgan fingerprint density at radius 2 is 2.12 bits per heavy atom. The molecular weight excluding hydrogens is 238 g/mol.